The van der Waals surface area contributed by atoms with Gasteiger partial charge in [-0.05, 0) is 40.7 Å². The zero-order valence-electron chi connectivity index (χ0n) is 15.5. The highest BCUT2D eigenvalue weighted by Gasteiger charge is 2.40. The van der Waals surface area contributed by atoms with Crippen LogP contribution in [0, 0.1) is 18.6 Å². The molecule has 0 saturated carbocycles. The Kier molecular flexibility index (Phi) is 6.12. The topological polar surface area (TPSA) is 81.4 Å². The third-order valence-corrected chi connectivity index (χ3v) is 5.90. The van der Waals surface area contributed by atoms with Crippen LogP contribution in [0.15, 0.2) is 29.0 Å². The molecule has 8 heteroatoms. The number of halogens is 2. The van der Waals surface area contributed by atoms with E-state index in [1.54, 1.807) is 34.6 Å². The molecule has 0 spiro atoms. The van der Waals surface area contributed by atoms with Crippen molar-refractivity contribution in [2.45, 2.75) is 57.4 Å². The van der Waals surface area contributed by atoms with Crippen LogP contribution < -0.4 is 4.72 Å². The molecule has 5 nitrogen and oxygen atoms in total. The summed E-state index contributed by atoms with van der Waals surface area (Å²) in [6, 6.07) is 3.20. The van der Waals surface area contributed by atoms with Gasteiger partial charge in [-0.15, -0.1) is 4.72 Å². The van der Waals surface area contributed by atoms with E-state index in [1.807, 2.05) is 0 Å². The van der Waals surface area contributed by atoms with Crippen molar-refractivity contribution in [2.24, 2.45) is 0 Å². The van der Waals surface area contributed by atoms with Crippen molar-refractivity contribution in [3.8, 4) is 0 Å². The molecule has 2 unspecified atom stereocenters. The van der Waals surface area contributed by atoms with Crippen molar-refractivity contribution in [1.82, 2.24) is 9.88 Å². The van der Waals surface area contributed by atoms with Gasteiger partial charge in [0.15, 0.2) is 0 Å². The number of aliphatic hydroxyl groups is 1. The molecule has 26 heavy (non-hydrogen) atoms. The average molecular weight is 386 g/mol. The van der Waals surface area contributed by atoms with Crippen LogP contribution in [0.5, 0.6) is 0 Å². The van der Waals surface area contributed by atoms with Crippen molar-refractivity contribution in [2.75, 3.05) is 0 Å². The van der Waals surface area contributed by atoms with Gasteiger partial charge in [0.2, 0.25) is 0 Å². The summed E-state index contributed by atoms with van der Waals surface area (Å²) < 4.78 is 47.6. The highest BCUT2D eigenvalue weighted by molar-refractivity contribution is 7.90. The fourth-order valence-electron chi connectivity index (χ4n) is 2.62. The summed E-state index contributed by atoms with van der Waals surface area (Å²) in [4.78, 5) is 0. The molecule has 0 bridgehead atoms. The van der Waals surface area contributed by atoms with Crippen LogP contribution in [0.1, 0.15) is 57.0 Å². The Balaban J connectivity index is 2.42. The van der Waals surface area contributed by atoms with Gasteiger partial charge in [0, 0.05) is 35.0 Å². The van der Waals surface area contributed by atoms with Gasteiger partial charge in [-0.3, -0.25) is 0 Å². The standard InChI is InChI=1S/C18H24F2N2O3S/c1-11-13(10-25-21-11)16(23)9-18(5,22-26(24)17(2,3)4)14-7-6-12(19)8-15(14)20/h6-8,10,16,22-23H,9H2,1-5H3/t16-,18?,26?/m1/s1. The highest BCUT2D eigenvalue weighted by Crippen LogP contribution is 2.36. The fourth-order valence-corrected chi connectivity index (χ4v) is 3.53. The van der Waals surface area contributed by atoms with Crippen LogP contribution in [-0.4, -0.2) is 19.6 Å². The van der Waals surface area contributed by atoms with E-state index in [1.165, 1.54) is 12.3 Å². The molecule has 2 N–H and O–H groups in total. The number of aromatic nitrogens is 1. The van der Waals surface area contributed by atoms with Crippen molar-refractivity contribution in [3.63, 3.8) is 0 Å². The zero-order chi connectivity index (χ0) is 19.7. The minimum Gasteiger partial charge on any atom is -0.598 e. The molecule has 3 atom stereocenters. The van der Waals surface area contributed by atoms with Crippen LogP contribution in [0.4, 0.5) is 8.78 Å². The molecule has 144 valence electrons. The van der Waals surface area contributed by atoms with E-state index >= 15 is 0 Å². The van der Waals surface area contributed by atoms with E-state index in [4.69, 9.17) is 4.52 Å². The third-order valence-electron chi connectivity index (χ3n) is 4.15. The lowest BCUT2D eigenvalue weighted by atomic mass is 9.85. The number of nitrogens with one attached hydrogen (secondary N) is 1. The summed E-state index contributed by atoms with van der Waals surface area (Å²) >= 11 is -1.55. The Morgan fingerprint density at radius 3 is 2.46 bits per heavy atom. The maximum Gasteiger partial charge on any atom is 0.136 e. The summed E-state index contributed by atoms with van der Waals surface area (Å²) in [6.07, 6.45) is 0.266. The quantitative estimate of drug-likeness (QED) is 0.741. The predicted octanol–water partition coefficient (Wildman–Crippen LogP) is 3.65. The number of hydrogen-bond donors (Lipinski definition) is 2. The second-order valence-electron chi connectivity index (χ2n) is 7.51. The molecule has 0 amide bonds. The number of aryl methyl sites for hydroxylation is 1. The first-order valence-electron chi connectivity index (χ1n) is 8.18. The van der Waals surface area contributed by atoms with Gasteiger partial charge < -0.3 is 14.2 Å². The molecule has 2 aromatic rings. The Morgan fingerprint density at radius 2 is 1.96 bits per heavy atom. The Morgan fingerprint density at radius 1 is 1.31 bits per heavy atom. The first-order chi connectivity index (χ1) is 11.9. The SMILES string of the molecule is Cc1nocc1[C@H](O)CC(C)(N[S+]([O-])C(C)(C)C)c1ccc(F)cc1F. The maximum absolute atomic E-state index is 14.5. The van der Waals surface area contributed by atoms with Crippen molar-refractivity contribution < 1.29 is 23.0 Å². The van der Waals surface area contributed by atoms with Crippen molar-refractivity contribution in [3.05, 3.63) is 52.9 Å². The Hall–Kier alpha value is -1.48. The summed E-state index contributed by atoms with van der Waals surface area (Å²) in [5.41, 5.74) is -0.137. The minimum absolute atomic E-state index is 0.0145. The molecule has 0 radical (unpaired) electrons. The highest BCUT2D eigenvalue weighted by atomic mass is 32.2. The third kappa shape index (κ3) is 4.62. The van der Waals surface area contributed by atoms with E-state index in [0.29, 0.717) is 11.3 Å². The molecule has 0 aliphatic heterocycles. The molecule has 0 aliphatic carbocycles. The summed E-state index contributed by atoms with van der Waals surface area (Å²) in [6.45, 7) is 8.63. The van der Waals surface area contributed by atoms with E-state index in [0.717, 1.165) is 12.1 Å². The Labute approximate surface area is 155 Å². The maximum atomic E-state index is 14.5. The van der Waals surface area contributed by atoms with Crippen LogP contribution in [0.3, 0.4) is 0 Å². The van der Waals surface area contributed by atoms with Crippen LogP contribution in [0.25, 0.3) is 0 Å². The number of aliphatic hydroxyl groups excluding tert-OH is 1. The summed E-state index contributed by atoms with van der Waals surface area (Å²) in [5.74, 6) is -1.49. The molecule has 0 saturated heterocycles. The van der Waals surface area contributed by atoms with Gasteiger partial charge >= 0.3 is 0 Å². The molecule has 1 heterocycles. The minimum atomic E-state index is -1.55. The van der Waals surface area contributed by atoms with Gasteiger partial charge in [-0.2, -0.15) is 0 Å². The number of nitrogens with zero attached hydrogens (tertiary/aromatic N) is 1. The van der Waals surface area contributed by atoms with E-state index in [-0.39, 0.29) is 12.0 Å². The second kappa shape index (κ2) is 7.64. The number of hydrogen-bond acceptors (Lipinski definition) is 5. The Bertz CT molecular complexity index is 763. The predicted molar refractivity (Wildman–Crippen MR) is 95.6 cm³/mol. The molecule has 2 rings (SSSR count). The largest absolute Gasteiger partial charge is 0.598 e. The molecule has 0 aliphatic rings. The summed E-state index contributed by atoms with van der Waals surface area (Å²) in [5, 5.41) is 14.3. The fraction of sp³-hybridized carbons (Fsp3) is 0.500. The smallest absolute Gasteiger partial charge is 0.136 e. The molecular weight excluding hydrogens is 362 g/mol. The monoisotopic (exact) mass is 386 g/mol. The number of benzene rings is 1. The molecular formula is C18H24F2N2O3S. The van der Waals surface area contributed by atoms with Gasteiger partial charge in [0.1, 0.15) is 22.6 Å². The lowest BCUT2D eigenvalue weighted by molar-refractivity contribution is 0.129. The zero-order valence-corrected chi connectivity index (χ0v) is 16.3. The van der Waals surface area contributed by atoms with Gasteiger partial charge in [-0.25, -0.2) is 8.78 Å². The second-order valence-corrected chi connectivity index (χ2v) is 9.48. The lowest BCUT2D eigenvalue weighted by Crippen LogP contribution is -2.51. The number of rotatable bonds is 6. The van der Waals surface area contributed by atoms with Crippen molar-refractivity contribution in [1.29, 1.82) is 0 Å². The van der Waals surface area contributed by atoms with Gasteiger partial charge in [0.05, 0.1) is 17.3 Å². The first-order valence-corrected chi connectivity index (χ1v) is 9.33. The first kappa shape index (κ1) is 20.8. The van der Waals surface area contributed by atoms with Gasteiger partial charge in [-0.1, -0.05) is 11.2 Å². The van der Waals surface area contributed by atoms with E-state index in [9.17, 15) is 18.4 Å². The van der Waals surface area contributed by atoms with E-state index in [2.05, 4.69) is 9.88 Å². The lowest BCUT2D eigenvalue weighted by Gasteiger charge is -2.36. The van der Waals surface area contributed by atoms with Crippen LogP contribution >= 0.6 is 0 Å². The molecule has 1 aromatic heterocycles. The van der Waals surface area contributed by atoms with Crippen LogP contribution in [-0.2, 0) is 16.9 Å². The summed E-state index contributed by atoms with van der Waals surface area (Å²) in [7, 11) is 0. The van der Waals surface area contributed by atoms with E-state index < -0.39 is 39.4 Å². The van der Waals surface area contributed by atoms with Crippen molar-refractivity contribution >= 4 is 11.4 Å². The normalized spacial score (nSPS) is 17.0. The van der Waals surface area contributed by atoms with Crippen LogP contribution in [0.2, 0.25) is 0 Å². The van der Waals surface area contributed by atoms with Gasteiger partial charge in [0.25, 0.3) is 0 Å². The molecule has 1 aromatic carbocycles. The average Bonchev–Trinajstić information content (AvgIpc) is 2.92. The molecule has 0 fully saturated rings.